The van der Waals surface area contributed by atoms with Crippen LogP contribution in [0.3, 0.4) is 0 Å². The van der Waals surface area contributed by atoms with Gasteiger partial charge in [0, 0.05) is 25.9 Å². The first-order valence-electron chi connectivity index (χ1n) is 8.71. The fourth-order valence-electron chi connectivity index (χ4n) is 2.36. The number of ether oxygens (including phenoxy) is 2. The van der Waals surface area contributed by atoms with Gasteiger partial charge in [-0.2, -0.15) is 0 Å². The van der Waals surface area contributed by atoms with Gasteiger partial charge in [0.1, 0.15) is 6.61 Å². The number of rotatable bonds is 9. The number of benzene rings is 2. The Balaban J connectivity index is 2.11. The van der Waals surface area contributed by atoms with Crippen LogP contribution in [0.4, 0.5) is 5.69 Å². The van der Waals surface area contributed by atoms with Gasteiger partial charge in [0.25, 0.3) is 0 Å². The van der Waals surface area contributed by atoms with E-state index in [0.29, 0.717) is 23.8 Å². The van der Waals surface area contributed by atoms with E-state index < -0.39 is 15.9 Å². The first kappa shape index (κ1) is 22.2. The highest BCUT2D eigenvalue weighted by atomic mass is 32.2. The second-order valence-corrected chi connectivity index (χ2v) is 8.30. The Labute approximate surface area is 171 Å². The normalized spacial score (nSPS) is 11.4. The van der Waals surface area contributed by atoms with E-state index in [1.54, 1.807) is 42.5 Å². The molecule has 0 spiro atoms. The van der Waals surface area contributed by atoms with E-state index >= 15 is 0 Å². The van der Waals surface area contributed by atoms with Crippen LogP contribution in [0.2, 0.25) is 0 Å². The van der Waals surface area contributed by atoms with Gasteiger partial charge < -0.3 is 14.8 Å². The summed E-state index contributed by atoms with van der Waals surface area (Å²) >= 11 is 0. The molecule has 154 valence electrons. The van der Waals surface area contributed by atoms with Crippen molar-refractivity contribution in [2.75, 3.05) is 33.1 Å². The Morgan fingerprint density at radius 3 is 2.59 bits per heavy atom. The predicted octanol–water partition coefficient (Wildman–Crippen LogP) is 3.16. The Kier molecular flexibility index (Phi) is 7.58. The maximum absolute atomic E-state index is 12.2. The molecule has 0 saturated carbocycles. The maximum Gasteiger partial charge on any atom is 0.248 e. The molecule has 0 aromatic heterocycles. The molecule has 0 atom stereocenters. The van der Waals surface area contributed by atoms with Gasteiger partial charge >= 0.3 is 0 Å². The Morgan fingerprint density at radius 1 is 1.17 bits per heavy atom. The summed E-state index contributed by atoms with van der Waals surface area (Å²) in [6.45, 7) is 3.96. The standard InChI is InChI=1S/C21H24N2O5S/c1-5-13-28-19-11-9-16(14-20(19)27-4)10-12-21(24)22-17-7-6-8-18(15-17)29(25,26)23(2)3/h5-12,14-15H,1,13H2,2-4H3,(H,22,24)/b12-10+. The molecule has 0 saturated heterocycles. The summed E-state index contributed by atoms with van der Waals surface area (Å²) in [6, 6.07) is 11.4. The number of anilines is 1. The van der Waals surface area contributed by atoms with E-state index in [0.717, 1.165) is 9.87 Å². The highest BCUT2D eigenvalue weighted by Crippen LogP contribution is 2.28. The minimum atomic E-state index is -3.58. The zero-order chi connectivity index (χ0) is 21.4. The molecular weight excluding hydrogens is 392 g/mol. The second kappa shape index (κ2) is 9.90. The molecular formula is C21H24N2O5S. The molecule has 2 aromatic rings. The van der Waals surface area contributed by atoms with Crippen LogP contribution < -0.4 is 14.8 Å². The lowest BCUT2D eigenvalue weighted by molar-refractivity contribution is -0.111. The van der Waals surface area contributed by atoms with E-state index in [9.17, 15) is 13.2 Å². The lowest BCUT2D eigenvalue weighted by atomic mass is 10.2. The van der Waals surface area contributed by atoms with Crippen molar-refractivity contribution in [3.8, 4) is 11.5 Å². The average molecular weight is 416 g/mol. The first-order chi connectivity index (χ1) is 13.8. The topological polar surface area (TPSA) is 84.9 Å². The number of hydrogen-bond acceptors (Lipinski definition) is 5. The van der Waals surface area contributed by atoms with Crippen LogP contribution in [0.1, 0.15) is 5.56 Å². The molecule has 0 aliphatic heterocycles. The van der Waals surface area contributed by atoms with Gasteiger partial charge in [-0.05, 0) is 42.0 Å². The summed E-state index contributed by atoms with van der Waals surface area (Å²) < 4.78 is 36.3. The van der Waals surface area contributed by atoms with Gasteiger partial charge in [-0.15, -0.1) is 0 Å². The first-order valence-corrected chi connectivity index (χ1v) is 10.2. The van der Waals surface area contributed by atoms with Crippen molar-refractivity contribution in [3.63, 3.8) is 0 Å². The van der Waals surface area contributed by atoms with Gasteiger partial charge in [-0.1, -0.05) is 24.8 Å². The molecule has 0 heterocycles. The van der Waals surface area contributed by atoms with Crippen molar-refractivity contribution >= 4 is 27.7 Å². The van der Waals surface area contributed by atoms with E-state index in [1.165, 1.54) is 39.4 Å². The third kappa shape index (κ3) is 5.94. The average Bonchev–Trinajstić information content (AvgIpc) is 2.71. The predicted molar refractivity (Wildman–Crippen MR) is 114 cm³/mol. The molecule has 29 heavy (non-hydrogen) atoms. The summed E-state index contributed by atoms with van der Waals surface area (Å²) in [5.41, 5.74) is 1.13. The number of nitrogens with one attached hydrogen (secondary N) is 1. The van der Waals surface area contributed by atoms with Gasteiger partial charge in [0.15, 0.2) is 11.5 Å². The quantitative estimate of drug-likeness (QED) is 0.501. The molecule has 0 bridgehead atoms. The van der Waals surface area contributed by atoms with Crippen LogP contribution in [0.25, 0.3) is 6.08 Å². The van der Waals surface area contributed by atoms with Crippen molar-refractivity contribution in [2.24, 2.45) is 0 Å². The largest absolute Gasteiger partial charge is 0.493 e. The lowest BCUT2D eigenvalue weighted by Gasteiger charge is -2.12. The Bertz CT molecular complexity index is 1010. The molecule has 0 radical (unpaired) electrons. The number of nitrogens with zero attached hydrogens (tertiary/aromatic N) is 1. The molecule has 8 heteroatoms. The molecule has 2 rings (SSSR count). The van der Waals surface area contributed by atoms with Crippen molar-refractivity contribution in [1.29, 1.82) is 0 Å². The van der Waals surface area contributed by atoms with Crippen LogP contribution in [-0.4, -0.2) is 46.4 Å². The monoisotopic (exact) mass is 416 g/mol. The van der Waals surface area contributed by atoms with E-state index in [2.05, 4.69) is 11.9 Å². The van der Waals surface area contributed by atoms with E-state index in [-0.39, 0.29) is 4.90 Å². The highest BCUT2D eigenvalue weighted by Gasteiger charge is 2.17. The highest BCUT2D eigenvalue weighted by molar-refractivity contribution is 7.89. The molecule has 0 aliphatic rings. The zero-order valence-electron chi connectivity index (χ0n) is 16.6. The third-order valence-electron chi connectivity index (χ3n) is 3.85. The van der Waals surface area contributed by atoms with Crippen molar-refractivity contribution < 1.29 is 22.7 Å². The summed E-state index contributed by atoms with van der Waals surface area (Å²) in [6.07, 6.45) is 4.61. The fourth-order valence-corrected chi connectivity index (χ4v) is 3.30. The molecule has 2 aromatic carbocycles. The number of carbonyl (C=O) groups is 1. The minimum Gasteiger partial charge on any atom is -0.493 e. The minimum absolute atomic E-state index is 0.101. The molecule has 7 nitrogen and oxygen atoms in total. The van der Waals surface area contributed by atoms with Crippen LogP contribution in [0.15, 0.2) is 66.1 Å². The van der Waals surface area contributed by atoms with Crippen LogP contribution >= 0.6 is 0 Å². The maximum atomic E-state index is 12.2. The van der Waals surface area contributed by atoms with E-state index in [1.807, 2.05) is 0 Å². The Hall–Kier alpha value is -3.10. The molecule has 0 fully saturated rings. The summed E-state index contributed by atoms with van der Waals surface area (Å²) in [4.78, 5) is 12.3. The molecule has 1 N–H and O–H groups in total. The number of amides is 1. The number of hydrogen-bond donors (Lipinski definition) is 1. The number of methoxy groups -OCH3 is 1. The second-order valence-electron chi connectivity index (χ2n) is 6.15. The van der Waals surface area contributed by atoms with E-state index in [4.69, 9.17) is 9.47 Å². The van der Waals surface area contributed by atoms with Crippen molar-refractivity contribution in [1.82, 2.24) is 4.31 Å². The van der Waals surface area contributed by atoms with Gasteiger partial charge in [-0.3, -0.25) is 4.79 Å². The lowest BCUT2D eigenvalue weighted by Crippen LogP contribution is -2.22. The van der Waals surface area contributed by atoms with Gasteiger partial charge in [0.05, 0.1) is 12.0 Å². The molecule has 0 unspecified atom stereocenters. The summed E-state index contributed by atoms with van der Waals surface area (Å²) in [7, 11) is 0.855. The smallest absolute Gasteiger partial charge is 0.248 e. The summed E-state index contributed by atoms with van der Waals surface area (Å²) in [5.74, 6) is 0.722. The van der Waals surface area contributed by atoms with Crippen LogP contribution in [-0.2, 0) is 14.8 Å². The fraction of sp³-hybridized carbons (Fsp3) is 0.190. The Morgan fingerprint density at radius 2 is 1.93 bits per heavy atom. The molecule has 1 amide bonds. The van der Waals surface area contributed by atoms with Gasteiger partial charge in [-0.25, -0.2) is 12.7 Å². The van der Waals surface area contributed by atoms with Crippen molar-refractivity contribution in [2.45, 2.75) is 4.90 Å². The number of sulfonamides is 1. The third-order valence-corrected chi connectivity index (χ3v) is 5.66. The SMILES string of the molecule is C=CCOc1ccc(/C=C/C(=O)Nc2cccc(S(=O)(=O)N(C)C)c2)cc1OC. The molecule has 0 aliphatic carbocycles. The zero-order valence-corrected chi connectivity index (χ0v) is 17.4. The number of carbonyl (C=O) groups excluding carboxylic acids is 1. The van der Waals surface area contributed by atoms with Crippen LogP contribution in [0, 0.1) is 0 Å². The van der Waals surface area contributed by atoms with Gasteiger partial charge in [0.2, 0.25) is 15.9 Å². The van der Waals surface area contributed by atoms with Crippen molar-refractivity contribution in [3.05, 3.63) is 66.8 Å². The summed E-state index contributed by atoms with van der Waals surface area (Å²) in [5, 5.41) is 2.66. The van der Waals surface area contributed by atoms with Crippen LogP contribution in [0.5, 0.6) is 11.5 Å².